The lowest BCUT2D eigenvalue weighted by Gasteiger charge is -2.12. The van der Waals surface area contributed by atoms with Crippen LogP contribution in [0.25, 0.3) is 0 Å². The van der Waals surface area contributed by atoms with Gasteiger partial charge in [0.1, 0.15) is 5.82 Å². The predicted octanol–water partition coefficient (Wildman–Crippen LogP) is 0.928. The molecule has 7 nitrogen and oxygen atoms in total. The van der Waals surface area contributed by atoms with Gasteiger partial charge in [0.05, 0.1) is 13.0 Å². The van der Waals surface area contributed by atoms with Crippen molar-refractivity contribution in [3.63, 3.8) is 0 Å². The number of ether oxygens (including phenoxy) is 1. The van der Waals surface area contributed by atoms with E-state index in [4.69, 9.17) is 5.11 Å². The van der Waals surface area contributed by atoms with E-state index in [2.05, 4.69) is 20.3 Å². The van der Waals surface area contributed by atoms with Crippen molar-refractivity contribution in [2.45, 2.75) is 25.3 Å². The number of hydrogen-bond donors (Lipinski definition) is 2. The fourth-order valence-electron chi connectivity index (χ4n) is 2.17. The highest BCUT2D eigenvalue weighted by molar-refractivity contribution is 5.86. The molecule has 2 unspecified atom stereocenters. The zero-order valence-corrected chi connectivity index (χ0v) is 10.5. The van der Waals surface area contributed by atoms with E-state index in [0.717, 1.165) is 6.42 Å². The average Bonchev–Trinajstić information content (AvgIpc) is 2.87. The summed E-state index contributed by atoms with van der Waals surface area (Å²) in [7, 11) is 1.28. The highest BCUT2D eigenvalue weighted by Gasteiger charge is 2.29. The van der Waals surface area contributed by atoms with E-state index >= 15 is 0 Å². The molecule has 1 aliphatic rings. The van der Waals surface area contributed by atoms with Gasteiger partial charge < -0.3 is 15.2 Å². The molecule has 0 aromatic carbocycles. The lowest BCUT2D eigenvalue weighted by molar-refractivity contribution is -0.141. The summed E-state index contributed by atoms with van der Waals surface area (Å²) in [5.74, 6) is -1.05. The normalized spacial score (nSPS) is 21.9. The number of methoxy groups -OCH3 is 1. The largest absolute Gasteiger partial charge is 0.481 e. The molecule has 2 rings (SSSR count). The van der Waals surface area contributed by atoms with Crippen LogP contribution in [0.3, 0.4) is 0 Å². The summed E-state index contributed by atoms with van der Waals surface area (Å²) in [6.45, 7) is 0. The van der Waals surface area contributed by atoms with Gasteiger partial charge in [0.25, 0.3) is 0 Å². The van der Waals surface area contributed by atoms with Crippen molar-refractivity contribution in [1.82, 2.24) is 10.2 Å². The Kier molecular flexibility index (Phi) is 3.94. The Morgan fingerprint density at radius 3 is 2.68 bits per heavy atom. The van der Waals surface area contributed by atoms with Crippen molar-refractivity contribution in [2.75, 3.05) is 12.4 Å². The van der Waals surface area contributed by atoms with E-state index < -0.39 is 11.9 Å². The standard InChI is InChI=1S/C12H15N3O4/c1-19-12(18)9-4-5-10(15-14-9)13-8-3-2-7(6-8)11(16)17/h4-5,7-8H,2-3,6H2,1H3,(H,13,15)(H,16,17). The van der Waals surface area contributed by atoms with Crippen molar-refractivity contribution in [3.05, 3.63) is 17.8 Å². The number of rotatable bonds is 4. The van der Waals surface area contributed by atoms with Crippen LogP contribution in [0.15, 0.2) is 12.1 Å². The smallest absolute Gasteiger partial charge is 0.358 e. The average molecular weight is 265 g/mol. The number of carbonyl (C=O) groups excluding carboxylic acids is 1. The lowest BCUT2D eigenvalue weighted by Crippen LogP contribution is -2.19. The van der Waals surface area contributed by atoms with Gasteiger partial charge in [0, 0.05) is 6.04 Å². The van der Waals surface area contributed by atoms with Gasteiger partial charge in [-0.05, 0) is 31.4 Å². The van der Waals surface area contributed by atoms with Crippen molar-refractivity contribution in [2.24, 2.45) is 5.92 Å². The van der Waals surface area contributed by atoms with Crippen LogP contribution in [-0.4, -0.2) is 40.4 Å². The number of anilines is 1. The third kappa shape index (κ3) is 3.18. The van der Waals surface area contributed by atoms with Crippen LogP contribution >= 0.6 is 0 Å². The second-order valence-corrected chi connectivity index (χ2v) is 4.48. The van der Waals surface area contributed by atoms with Gasteiger partial charge in [-0.3, -0.25) is 4.79 Å². The summed E-state index contributed by atoms with van der Waals surface area (Å²) in [5, 5.41) is 19.6. The second-order valence-electron chi connectivity index (χ2n) is 4.48. The number of aromatic nitrogens is 2. The van der Waals surface area contributed by atoms with Crippen molar-refractivity contribution >= 4 is 17.8 Å². The molecule has 0 bridgehead atoms. The number of esters is 1. The quantitative estimate of drug-likeness (QED) is 0.781. The maximum atomic E-state index is 11.2. The number of nitrogens with zero attached hydrogens (tertiary/aromatic N) is 2. The molecule has 0 spiro atoms. The molecule has 102 valence electrons. The van der Waals surface area contributed by atoms with E-state index in [9.17, 15) is 9.59 Å². The molecule has 2 N–H and O–H groups in total. The third-order valence-electron chi connectivity index (χ3n) is 3.19. The first-order valence-electron chi connectivity index (χ1n) is 6.01. The van der Waals surface area contributed by atoms with Gasteiger partial charge in [-0.2, -0.15) is 0 Å². The molecule has 7 heteroatoms. The van der Waals surface area contributed by atoms with E-state index in [1.54, 1.807) is 6.07 Å². The molecule has 1 fully saturated rings. The summed E-state index contributed by atoms with van der Waals surface area (Å²) in [6.07, 6.45) is 2.04. The maximum Gasteiger partial charge on any atom is 0.358 e. The minimum absolute atomic E-state index is 0.0828. The van der Waals surface area contributed by atoms with Crippen LogP contribution in [0.2, 0.25) is 0 Å². The molecule has 19 heavy (non-hydrogen) atoms. The van der Waals surface area contributed by atoms with E-state index in [0.29, 0.717) is 18.7 Å². The summed E-state index contributed by atoms with van der Waals surface area (Å²) < 4.78 is 4.52. The van der Waals surface area contributed by atoms with Gasteiger partial charge in [-0.1, -0.05) is 0 Å². The van der Waals surface area contributed by atoms with E-state index in [1.807, 2.05) is 0 Å². The molecular weight excluding hydrogens is 250 g/mol. The predicted molar refractivity (Wildman–Crippen MR) is 65.8 cm³/mol. The highest BCUT2D eigenvalue weighted by Crippen LogP contribution is 2.27. The zero-order valence-electron chi connectivity index (χ0n) is 10.5. The molecule has 1 aliphatic carbocycles. The monoisotopic (exact) mass is 265 g/mol. The Morgan fingerprint density at radius 2 is 2.16 bits per heavy atom. The van der Waals surface area contributed by atoms with Crippen molar-refractivity contribution in [1.29, 1.82) is 0 Å². The van der Waals surface area contributed by atoms with Gasteiger partial charge in [0.2, 0.25) is 0 Å². The minimum atomic E-state index is -0.753. The van der Waals surface area contributed by atoms with Crippen LogP contribution < -0.4 is 5.32 Å². The van der Waals surface area contributed by atoms with E-state index in [-0.39, 0.29) is 17.7 Å². The molecule has 2 atom stereocenters. The molecule has 0 radical (unpaired) electrons. The number of carboxylic acids is 1. The number of carboxylic acid groups (broad SMARTS) is 1. The van der Waals surface area contributed by atoms with Gasteiger partial charge in [-0.25, -0.2) is 4.79 Å². The topological polar surface area (TPSA) is 101 Å². The second kappa shape index (κ2) is 5.64. The van der Waals surface area contributed by atoms with Crippen molar-refractivity contribution in [3.8, 4) is 0 Å². The zero-order chi connectivity index (χ0) is 13.8. The summed E-state index contributed by atoms with van der Waals surface area (Å²) in [4.78, 5) is 22.0. The number of aliphatic carboxylic acids is 1. The first-order chi connectivity index (χ1) is 9.10. The lowest BCUT2D eigenvalue weighted by atomic mass is 10.1. The molecule has 0 saturated heterocycles. The first-order valence-corrected chi connectivity index (χ1v) is 6.01. The molecule has 1 heterocycles. The third-order valence-corrected chi connectivity index (χ3v) is 3.19. The fourth-order valence-corrected chi connectivity index (χ4v) is 2.17. The van der Waals surface area contributed by atoms with Crippen LogP contribution in [0.5, 0.6) is 0 Å². The Morgan fingerprint density at radius 1 is 1.37 bits per heavy atom. The van der Waals surface area contributed by atoms with Crippen LogP contribution in [0, 0.1) is 5.92 Å². The summed E-state index contributed by atoms with van der Waals surface area (Å²) in [5.41, 5.74) is 0.142. The van der Waals surface area contributed by atoms with Crippen LogP contribution in [0.1, 0.15) is 29.8 Å². The Bertz CT molecular complexity index is 474. The Hall–Kier alpha value is -2.18. The molecule has 0 amide bonds. The number of hydrogen-bond acceptors (Lipinski definition) is 6. The maximum absolute atomic E-state index is 11.2. The Labute approximate surface area is 110 Å². The van der Waals surface area contributed by atoms with Crippen LogP contribution in [-0.2, 0) is 9.53 Å². The highest BCUT2D eigenvalue weighted by atomic mass is 16.5. The molecular formula is C12H15N3O4. The SMILES string of the molecule is COC(=O)c1ccc(NC2CCC(C(=O)O)C2)nn1. The molecule has 0 aliphatic heterocycles. The van der Waals surface area contributed by atoms with Gasteiger partial charge >= 0.3 is 11.9 Å². The summed E-state index contributed by atoms with van der Waals surface area (Å²) >= 11 is 0. The van der Waals surface area contributed by atoms with Crippen LogP contribution in [0.4, 0.5) is 5.82 Å². The van der Waals surface area contributed by atoms with Gasteiger partial charge in [0.15, 0.2) is 5.69 Å². The number of nitrogens with one attached hydrogen (secondary N) is 1. The summed E-state index contributed by atoms with van der Waals surface area (Å²) in [6, 6.07) is 3.23. The Balaban J connectivity index is 1.93. The number of carbonyl (C=O) groups is 2. The molecule has 1 aromatic heterocycles. The van der Waals surface area contributed by atoms with Crippen molar-refractivity contribution < 1.29 is 19.4 Å². The fraction of sp³-hybridized carbons (Fsp3) is 0.500. The van der Waals surface area contributed by atoms with Gasteiger partial charge in [-0.15, -0.1) is 10.2 Å². The molecule has 1 aromatic rings. The minimum Gasteiger partial charge on any atom is -0.481 e. The molecule has 1 saturated carbocycles. The van der Waals surface area contributed by atoms with E-state index in [1.165, 1.54) is 13.2 Å². The first kappa shape index (κ1) is 13.3.